The molecule has 1 aromatic carbocycles. The average Bonchev–Trinajstić information content (AvgIpc) is 2.91. The fraction of sp³-hybridized carbons (Fsp3) is 0.625. The highest BCUT2D eigenvalue weighted by Crippen LogP contribution is 2.28. The van der Waals surface area contributed by atoms with Crippen LogP contribution in [0, 0.1) is 12.3 Å². The number of carbonyl (C=O) groups is 4. The summed E-state index contributed by atoms with van der Waals surface area (Å²) in [6, 6.07) is 4.67. The highest BCUT2D eigenvalue weighted by molar-refractivity contribution is 5.94. The van der Waals surface area contributed by atoms with Gasteiger partial charge in [-0.3, -0.25) is 14.4 Å². The SMILES string of the molecule is C#Cc1ccccc1C(C(=O)NC1CCCCC1)N(CCCCCCC)C(=O)C(CC(N)=O)NC(=O)OC(C)(C)C. The van der Waals surface area contributed by atoms with Gasteiger partial charge in [-0.2, -0.15) is 0 Å². The van der Waals surface area contributed by atoms with Gasteiger partial charge in [-0.15, -0.1) is 6.42 Å². The van der Waals surface area contributed by atoms with Crippen LogP contribution in [0.5, 0.6) is 0 Å². The average molecular weight is 569 g/mol. The fourth-order valence-electron chi connectivity index (χ4n) is 5.15. The molecule has 4 amide bonds. The topological polar surface area (TPSA) is 131 Å². The van der Waals surface area contributed by atoms with E-state index in [9.17, 15) is 19.2 Å². The lowest BCUT2D eigenvalue weighted by molar-refractivity contribution is -0.143. The van der Waals surface area contributed by atoms with Crippen LogP contribution < -0.4 is 16.4 Å². The summed E-state index contributed by atoms with van der Waals surface area (Å²) in [5.74, 6) is 0.948. The Morgan fingerprint density at radius 3 is 2.34 bits per heavy atom. The Balaban J connectivity index is 2.52. The van der Waals surface area contributed by atoms with E-state index in [0.29, 0.717) is 17.5 Å². The second-order valence-corrected chi connectivity index (χ2v) is 11.8. The lowest BCUT2D eigenvalue weighted by Crippen LogP contribution is -2.55. The highest BCUT2D eigenvalue weighted by Gasteiger charge is 2.38. The molecule has 0 heterocycles. The van der Waals surface area contributed by atoms with Gasteiger partial charge in [0.1, 0.15) is 17.7 Å². The molecule has 2 atom stereocenters. The Hall–Kier alpha value is -3.54. The van der Waals surface area contributed by atoms with Crippen molar-refractivity contribution in [1.29, 1.82) is 0 Å². The standard InChI is InChI=1S/C32H48N4O5/c1-6-8-9-10-16-21-36(30(39)26(22-27(33)37)35-31(40)41-32(3,4)5)28(25-20-15-14-17-23(25)7-2)29(38)34-24-18-12-11-13-19-24/h2,14-15,17,20,24,26,28H,6,8-13,16,18-19,21-22H2,1,3-5H3,(H2,33,37)(H,34,38)(H,35,40). The normalized spacial score (nSPS) is 15.2. The molecule has 2 unspecified atom stereocenters. The molecule has 4 N–H and O–H groups in total. The number of hydrogen-bond donors (Lipinski definition) is 3. The number of benzene rings is 1. The molecule has 0 radical (unpaired) electrons. The minimum atomic E-state index is -1.32. The van der Waals surface area contributed by atoms with E-state index in [1.165, 1.54) is 4.90 Å². The molecular formula is C32H48N4O5. The third-order valence-corrected chi connectivity index (χ3v) is 7.10. The minimum absolute atomic E-state index is 0.000408. The summed E-state index contributed by atoms with van der Waals surface area (Å²) in [5, 5.41) is 5.69. The number of alkyl carbamates (subject to hydrolysis) is 1. The van der Waals surface area contributed by atoms with Gasteiger partial charge in [0.15, 0.2) is 0 Å². The van der Waals surface area contributed by atoms with Crippen LogP contribution in [0.3, 0.4) is 0 Å². The number of terminal acetylenes is 1. The van der Waals surface area contributed by atoms with Crippen LogP contribution in [0.1, 0.15) is 115 Å². The van der Waals surface area contributed by atoms with Crippen molar-refractivity contribution in [2.45, 2.75) is 122 Å². The lowest BCUT2D eigenvalue weighted by atomic mass is 9.93. The summed E-state index contributed by atoms with van der Waals surface area (Å²) in [7, 11) is 0. The molecule has 41 heavy (non-hydrogen) atoms. The number of primary amides is 1. The molecule has 0 spiro atoms. The largest absolute Gasteiger partial charge is 0.444 e. The van der Waals surface area contributed by atoms with Crippen LogP contribution in [-0.2, 0) is 19.1 Å². The van der Waals surface area contributed by atoms with E-state index in [4.69, 9.17) is 16.9 Å². The third-order valence-electron chi connectivity index (χ3n) is 7.10. The van der Waals surface area contributed by atoms with Crippen molar-refractivity contribution < 1.29 is 23.9 Å². The van der Waals surface area contributed by atoms with E-state index in [1.807, 2.05) is 0 Å². The van der Waals surface area contributed by atoms with Gasteiger partial charge in [0.05, 0.1) is 6.42 Å². The van der Waals surface area contributed by atoms with Crippen LogP contribution in [0.4, 0.5) is 4.79 Å². The zero-order valence-electron chi connectivity index (χ0n) is 25.2. The smallest absolute Gasteiger partial charge is 0.408 e. The predicted molar refractivity (Wildman–Crippen MR) is 160 cm³/mol. The van der Waals surface area contributed by atoms with Gasteiger partial charge in [0, 0.05) is 18.2 Å². The third kappa shape index (κ3) is 11.5. The maximum Gasteiger partial charge on any atom is 0.408 e. The first-order chi connectivity index (χ1) is 19.5. The van der Waals surface area contributed by atoms with Gasteiger partial charge in [0.25, 0.3) is 0 Å². The lowest BCUT2D eigenvalue weighted by Gasteiger charge is -2.36. The summed E-state index contributed by atoms with van der Waals surface area (Å²) >= 11 is 0. The second-order valence-electron chi connectivity index (χ2n) is 11.8. The van der Waals surface area contributed by atoms with E-state index in [0.717, 1.165) is 57.8 Å². The highest BCUT2D eigenvalue weighted by atomic mass is 16.6. The molecule has 1 aliphatic carbocycles. The number of carbonyl (C=O) groups excluding carboxylic acids is 4. The van der Waals surface area contributed by atoms with Crippen molar-refractivity contribution in [1.82, 2.24) is 15.5 Å². The second kappa shape index (κ2) is 16.7. The van der Waals surface area contributed by atoms with Crippen molar-refractivity contribution in [3.8, 4) is 12.3 Å². The molecule has 0 bridgehead atoms. The quantitative estimate of drug-likeness (QED) is 0.221. The van der Waals surface area contributed by atoms with Crippen LogP contribution >= 0.6 is 0 Å². The summed E-state index contributed by atoms with van der Waals surface area (Å²) in [6.07, 6.45) is 14.0. The fourth-order valence-corrected chi connectivity index (χ4v) is 5.15. The Morgan fingerprint density at radius 2 is 1.73 bits per heavy atom. The van der Waals surface area contributed by atoms with Crippen molar-refractivity contribution in [3.05, 3.63) is 35.4 Å². The van der Waals surface area contributed by atoms with Gasteiger partial charge >= 0.3 is 6.09 Å². The van der Waals surface area contributed by atoms with Crippen molar-refractivity contribution >= 4 is 23.8 Å². The molecule has 0 aliphatic heterocycles. The molecular weight excluding hydrogens is 520 g/mol. The number of nitrogens with zero attached hydrogens (tertiary/aromatic N) is 1. The Morgan fingerprint density at radius 1 is 1.07 bits per heavy atom. The molecule has 9 nitrogen and oxygen atoms in total. The van der Waals surface area contributed by atoms with Crippen LogP contribution in [-0.4, -0.2) is 52.9 Å². The van der Waals surface area contributed by atoms with E-state index in [-0.39, 0.29) is 18.5 Å². The molecule has 0 saturated heterocycles. The molecule has 9 heteroatoms. The number of amides is 4. The summed E-state index contributed by atoms with van der Waals surface area (Å²) in [6.45, 7) is 7.44. The van der Waals surface area contributed by atoms with Crippen LogP contribution in [0.15, 0.2) is 24.3 Å². The number of nitrogens with two attached hydrogens (primary N) is 1. The number of unbranched alkanes of at least 4 members (excludes halogenated alkanes) is 4. The van der Waals surface area contributed by atoms with E-state index in [2.05, 4.69) is 23.5 Å². The van der Waals surface area contributed by atoms with Crippen molar-refractivity contribution in [2.24, 2.45) is 5.73 Å². The van der Waals surface area contributed by atoms with E-state index < -0.39 is 42.0 Å². The monoisotopic (exact) mass is 568 g/mol. The first-order valence-corrected chi connectivity index (χ1v) is 14.9. The van der Waals surface area contributed by atoms with Gasteiger partial charge in [0.2, 0.25) is 17.7 Å². The number of nitrogens with one attached hydrogen (secondary N) is 2. The molecule has 0 aromatic heterocycles. The van der Waals surface area contributed by atoms with E-state index >= 15 is 0 Å². The Kier molecular flexibility index (Phi) is 13.7. The number of ether oxygens (including phenoxy) is 1. The van der Waals surface area contributed by atoms with Crippen molar-refractivity contribution in [2.75, 3.05) is 6.54 Å². The molecule has 1 aliphatic rings. The predicted octanol–water partition coefficient (Wildman–Crippen LogP) is 4.73. The molecule has 2 rings (SSSR count). The van der Waals surface area contributed by atoms with Gasteiger partial charge in [-0.05, 0) is 51.7 Å². The molecule has 1 aromatic rings. The maximum atomic E-state index is 14.2. The minimum Gasteiger partial charge on any atom is -0.444 e. The summed E-state index contributed by atoms with van der Waals surface area (Å²) in [4.78, 5) is 54.4. The maximum absolute atomic E-state index is 14.2. The van der Waals surface area contributed by atoms with Gasteiger partial charge < -0.3 is 26.0 Å². The van der Waals surface area contributed by atoms with Crippen molar-refractivity contribution in [3.63, 3.8) is 0 Å². The van der Waals surface area contributed by atoms with Gasteiger partial charge in [-0.25, -0.2) is 4.79 Å². The van der Waals surface area contributed by atoms with Crippen LogP contribution in [0.2, 0.25) is 0 Å². The zero-order chi connectivity index (χ0) is 30.4. The summed E-state index contributed by atoms with van der Waals surface area (Å²) < 4.78 is 5.36. The Labute approximate surface area is 245 Å². The summed E-state index contributed by atoms with van der Waals surface area (Å²) in [5.41, 5.74) is 5.68. The van der Waals surface area contributed by atoms with E-state index in [1.54, 1.807) is 45.0 Å². The van der Waals surface area contributed by atoms with Crippen LogP contribution in [0.25, 0.3) is 0 Å². The number of hydrogen-bond acceptors (Lipinski definition) is 5. The molecule has 1 saturated carbocycles. The zero-order valence-corrected chi connectivity index (χ0v) is 25.2. The molecule has 1 fully saturated rings. The molecule has 226 valence electrons. The first-order valence-electron chi connectivity index (χ1n) is 14.9. The number of rotatable bonds is 14. The Bertz CT molecular complexity index is 1070. The first kappa shape index (κ1) is 33.7. The van der Waals surface area contributed by atoms with Gasteiger partial charge in [-0.1, -0.05) is 76.0 Å².